The van der Waals surface area contributed by atoms with Gasteiger partial charge in [0.05, 0.1) is 91.0 Å². The minimum absolute atomic E-state index is 0.0770. The van der Waals surface area contributed by atoms with Crippen LogP contribution in [-0.2, 0) is 52.7 Å². The van der Waals surface area contributed by atoms with Gasteiger partial charge in [-0.1, -0.05) is 25.1 Å². The molecule has 1 aliphatic rings. The van der Waals surface area contributed by atoms with Crippen molar-refractivity contribution in [3.8, 4) is 11.3 Å². The quantitative estimate of drug-likeness (QED) is 0.0919. The summed E-state index contributed by atoms with van der Waals surface area (Å²) in [4.78, 5) is 27.9. The number of carbonyl (C=O) groups is 1. The lowest BCUT2D eigenvalue weighted by Gasteiger charge is -2.29. The molecule has 16 nitrogen and oxygen atoms in total. The van der Waals surface area contributed by atoms with Crippen molar-refractivity contribution in [2.75, 3.05) is 97.3 Å². The van der Waals surface area contributed by atoms with E-state index in [9.17, 15) is 4.79 Å². The lowest BCUT2D eigenvalue weighted by Crippen LogP contribution is -2.36. The number of benzene rings is 2. The van der Waals surface area contributed by atoms with Gasteiger partial charge in [0.15, 0.2) is 11.2 Å². The van der Waals surface area contributed by atoms with E-state index in [0.29, 0.717) is 132 Å². The third-order valence-corrected chi connectivity index (χ3v) is 8.87. The van der Waals surface area contributed by atoms with Crippen molar-refractivity contribution < 1.29 is 37.6 Å². The summed E-state index contributed by atoms with van der Waals surface area (Å²) in [6.45, 7) is 9.99. The fraction of sp³-hybridized carbons (Fsp3) is 0.500. The first kappa shape index (κ1) is 39.0. The van der Waals surface area contributed by atoms with Crippen molar-refractivity contribution in [1.82, 2.24) is 29.6 Å². The molecule has 0 saturated heterocycles. The van der Waals surface area contributed by atoms with Crippen molar-refractivity contribution in [2.24, 2.45) is 0 Å². The van der Waals surface area contributed by atoms with Gasteiger partial charge < -0.3 is 49.2 Å². The maximum Gasteiger partial charge on any atom is 0.292 e. The zero-order valence-corrected chi connectivity index (χ0v) is 30.9. The Labute approximate surface area is 314 Å². The average molecular weight is 747 g/mol. The predicted molar refractivity (Wildman–Crippen MR) is 202 cm³/mol. The highest BCUT2D eigenvalue weighted by Gasteiger charge is 2.22. The number of carbonyl (C=O) groups excluding carboxylic acids is 1. The maximum absolute atomic E-state index is 13.0. The third-order valence-electron chi connectivity index (χ3n) is 8.87. The minimum Gasteiger partial charge on any atom is -0.424 e. The first-order valence-corrected chi connectivity index (χ1v) is 18.5. The first-order valence-electron chi connectivity index (χ1n) is 18.5. The number of rotatable bonds is 23. The second-order valence-electron chi connectivity index (χ2n) is 12.8. The van der Waals surface area contributed by atoms with Gasteiger partial charge >= 0.3 is 0 Å². The zero-order valence-electron chi connectivity index (χ0n) is 30.9. The minimum atomic E-state index is 0.0770. The summed E-state index contributed by atoms with van der Waals surface area (Å²) in [5.74, 6) is 0.421. The van der Waals surface area contributed by atoms with Crippen molar-refractivity contribution in [1.29, 1.82) is 0 Å². The molecular formula is C38H50N8O8. The van der Waals surface area contributed by atoms with Crippen molar-refractivity contribution in [2.45, 2.75) is 39.3 Å². The zero-order chi connectivity index (χ0) is 37.5. The standard InChI is InChI=1S/C38H50N8O8/c1-2-10-48-12-14-50-16-18-52-20-21-53-19-17-51-15-13-49-11-8-33(47)45-9-7-28-22-27(3-4-30(28)25-45)24-46-37-34(36(39)41-26-42-37)35(44-46)29-5-6-32-31(23-29)43-38(40)54-32/h3-6,22-23,26H,2,7-21,24-25H2,1H3,(H2,40,43)(H2,39,41,42). The van der Waals surface area contributed by atoms with Crippen molar-refractivity contribution in [3.63, 3.8) is 0 Å². The molecular weight excluding hydrogens is 696 g/mol. The van der Waals surface area contributed by atoms with Gasteiger partial charge in [-0.15, -0.1) is 0 Å². The van der Waals surface area contributed by atoms with Gasteiger partial charge in [-0.05, 0) is 47.7 Å². The molecule has 16 heteroatoms. The van der Waals surface area contributed by atoms with Crippen LogP contribution in [0.1, 0.15) is 36.5 Å². The van der Waals surface area contributed by atoms with Crippen LogP contribution in [-0.4, -0.2) is 121 Å². The Kier molecular flexibility index (Phi) is 14.5. The third kappa shape index (κ3) is 10.7. The van der Waals surface area contributed by atoms with Crippen LogP contribution in [0.15, 0.2) is 47.1 Å². The van der Waals surface area contributed by atoms with Crippen LogP contribution in [0.2, 0.25) is 0 Å². The summed E-state index contributed by atoms with van der Waals surface area (Å²) in [6.07, 6.45) is 3.55. The van der Waals surface area contributed by atoms with Gasteiger partial charge in [-0.3, -0.25) is 4.79 Å². The molecule has 0 radical (unpaired) electrons. The molecule has 4 N–H and O–H groups in total. The maximum atomic E-state index is 13.0. The Morgan fingerprint density at radius 3 is 2.15 bits per heavy atom. The van der Waals surface area contributed by atoms with E-state index in [1.165, 1.54) is 11.9 Å². The van der Waals surface area contributed by atoms with E-state index in [-0.39, 0.29) is 11.9 Å². The number of ether oxygens (including phenoxy) is 6. The number of hydrogen-bond acceptors (Lipinski definition) is 14. The summed E-state index contributed by atoms with van der Waals surface area (Å²) in [7, 11) is 0. The molecule has 0 unspecified atom stereocenters. The van der Waals surface area contributed by atoms with E-state index in [1.54, 1.807) is 0 Å². The smallest absolute Gasteiger partial charge is 0.292 e. The molecule has 2 aromatic carbocycles. The van der Waals surface area contributed by atoms with Crippen molar-refractivity contribution in [3.05, 3.63) is 59.4 Å². The topological polar surface area (TPSA) is 197 Å². The lowest BCUT2D eigenvalue weighted by atomic mass is 9.97. The molecule has 0 bridgehead atoms. The van der Waals surface area contributed by atoms with Crippen LogP contribution in [0.4, 0.5) is 11.8 Å². The van der Waals surface area contributed by atoms with Crippen LogP contribution in [0.3, 0.4) is 0 Å². The van der Waals surface area contributed by atoms with Gasteiger partial charge in [-0.25, -0.2) is 14.6 Å². The Morgan fingerprint density at radius 2 is 1.46 bits per heavy atom. The molecule has 0 saturated carbocycles. The second-order valence-corrected chi connectivity index (χ2v) is 12.8. The molecule has 1 amide bonds. The van der Waals surface area contributed by atoms with Gasteiger partial charge in [0.2, 0.25) is 5.91 Å². The number of fused-ring (bicyclic) bond motifs is 3. The number of nitrogen functional groups attached to an aromatic ring is 2. The van der Waals surface area contributed by atoms with Crippen molar-refractivity contribution >= 4 is 39.9 Å². The molecule has 3 aromatic heterocycles. The molecule has 5 aromatic rings. The summed E-state index contributed by atoms with van der Waals surface area (Å²) in [5, 5.41) is 5.59. The van der Waals surface area contributed by atoms with Crippen LogP contribution >= 0.6 is 0 Å². The highest BCUT2D eigenvalue weighted by atomic mass is 16.6. The number of nitrogens with two attached hydrogens (primary N) is 2. The Bertz CT molecular complexity index is 1950. The number of nitrogens with zero attached hydrogens (tertiary/aromatic N) is 6. The molecule has 54 heavy (non-hydrogen) atoms. The van der Waals surface area contributed by atoms with E-state index in [2.05, 4.69) is 40.1 Å². The van der Waals surface area contributed by atoms with E-state index in [4.69, 9.17) is 49.4 Å². The molecule has 0 aliphatic carbocycles. The lowest BCUT2D eigenvalue weighted by molar-refractivity contribution is -0.133. The normalized spacial score (nSPS) is 12.9. The number of oxazole rings is 1. The van der Waals surface area contributed by atoms with E-state index < -0.39 is 0 Å². The van der Waals surface area contributed by atoms with Crippen LogP contribution in [0, 0.1) is 0 Å². The summed E-state index contributed by atoms with van der Waals surface area (Å²) in [6, 6.07) is 12.0. The fourth-order valence-corrected chi connectivity index (χ4v) is 6.19. The highest BCUT2D eigenvalue weighted by molar-refractivity contribution is 5.99. The molecule has 6 rings (SSSR count). The Morgan fingerprint density at radius 1 is 0.796 bits per heavy atom. The van der Waals surface area contributed by atoms with Crippen LogP contribution < -0.4 is 11.5 Å². The van der Waals surface area contributed by atoms with Gasteiger partial charge in [-0.2, -0.15) is 10.1 Å². The number of aromatic nitrogens is 5. The molecule has 4 heterocycles. The largest absolute Gasteiger partial charge is 0.424 e. The van der Waals surface area contributed by atoms with E-state index in [1.807, 2.05) is 27.8 Å². The monoisotopic (exact) mass is 746 g/mol. The number of anilines is 2. The van der Waals surface area contributed by atoms with E-state index in [0.717, 1.165) is 36.1 Å². The van der Waals surface area contributed by atoms with E-state index >= 15 is 0 Å². The molecule has 0 atom stereocenters. The second kappa shape index (κ2) is 20.1. The number of amides is 1. The molecule has 1 aliphatic heterocycles. The highest BCUT2D eigenvalue weighted by Crippen LogP contribution is 2.33. The van der Waals surface area contributed by atoms with Crippen LogP contribution in [0.5, 0.6) is 0 Å². The average Bonchev–Trinajstić information content (AvgIpc) is 3.75. The number of hydrogen-bond donors (Lipinski definition) is 2. The summed E-state index contributed by atoms with van der Waals surface area (Å²) < 4.78 is 40.3. The predicted octanol–water partition coefficient (Wildman–Crippen LogP) is 3.63. The van der Waals surface area contributed by atoms with Gasteiger partial charge in [0, 0.05) is 25.3 Å². The molecule has 0 fully saturated rings. The first-order chi connectivity index (χ1) is 26.5. The molecule has 0 spiro atoms. The Hall–Kier alpha value is -4.71. The Balaban J connectivity index is 0.875. The van der Waals surface area contributed by atoms with Gasteiger partial charge in [0.25, 0.3) is 6.01 Å². The van der Waals surface area contributed by atoms with Crippen LogP contribution in [0.25, 0.3) is 33.4 Å². The SMILES string of the molecule is CCCOCCOCCOCCOCCOCCOCCC(=O)N1CCc2cc(Cn3nc(-c4ccc5oc(N)nc5c4)c4c(N)ncnc43)ccc2C1. The molecule has 290 valence electrons. The summed E-state index contributed by atoms with van der Waals surface area (Å²) in [5.41, 5.74) is 18.8. The van der Waals surface area contributed by atoms with Gasteiger partial charge in [0.1, 0.15) is 23.4 Å². The summed E-state index contributed by atoms with van der Waals surface area (Å²) >= 11 is 0. The fourth-order valence-electron chi connectivity index (χ4n) is 6.19.